The normalized spacial score (nSPS) is 10.7. The van der Waals surface area contributed by atoms with E-state index in [-0.39, 0.29) is 5.56 Å². The van der Waals surface area contributed by atoms with E-state index in [1.165, 1.54) is 0 Å². The summed E-state index contributed by atoms with van der Waals surface area (Å²) in [4.78, 5) is 10.7. The molecule has 0 amide bonds. The molecule has 2 N–H and O–H groups in total. The highest BCUT2D eigenvalue weighted by Crippen LogP contribution is 2.12. The average molecular weight is 259 g/mol. The van der Waals surface area contributed by atoms with E-state index < -0.39 is 5.97 Å². The highest BCUT2D eigenvalue weighted by Gasteiger charge is 2.03. The Balaban J connectivity index is 1.96. The predicted octanol–water partition coefficient (Wildman–Crippen LogP) is 2.77. The van der Waals surface area contributed by atoms with Crippen LogP contribution in [-0.2, 0) is 6.54 Å². The summed E-state index contributed by atoms with van der Waals surface area (Å²) in [6.45, 7) is 4.82. The first-order chi connectivity index (χ1) is 9.06. The number of nitrogens with one attached hydrogen (secondary N) is 1. The Labute approximate surface area is 111 Å². The van der Waals surface area contributed by atoms with Crippen LogP contribution in [0.25, 0.3) is 0 Å². The van der Waals surface area contributed by atoms with Gasteiger partial charge in [-0.3, -0.25) is 4.68 Å². The molecule has 0 spiro atoms. The summed E-state index contributed by atoms with van der Waals surface area (Å²) in [6, 6.07) is 7.04. The van der Waals surface area contributed by atoms with Crippen LogP contribution in [0, 0.1) is 0 Å². The van der Waals surface area contributed by atoms with E-state index in [2.05, 4.69) is 24.3 Å². The summed E-state index contributed by atoms with van der Waals surface area (Å²) in [5.74, 6) is -0.912. The number of benzene rings is 1. The van der Waals surface area contributed by atoms with Crippen molar-refractivity contribution in [2.24, 2.45) is 0 Å². The molecule has 0 aliphatic carbocycles. The first kappa shape index (κ1) is 13.1. The molecule has 0 aliphatic rings. The van der Waals surface area contributed by atoms with Gasteiger partial charge in [0.25, 0.3) is 0 Å². The summed E-state index contributed by atoms with van der Waals surface area (Å²) in [7, 11) is 0. The molecule has 100 valence electrons. The maximum atomic E-state index is 10.7. The van der Waals surface area contributed by atoms with Gasteiger partial charge in [0.05, 0.1) is 11.8 Å². The molecular weight excluding hydrogens is 242 g/mol. The minimum atomic E-state index is -0.912. The minimum absolute atomic E-state index is 0.290. The van der Waals surface area contributed by atoms with Crippen molar-refractivity contribution in [3.63, 3.8) is 0 Å². The second-order valence-electron chi connectivity index (χ2n) is 4.66. The SMILES string of the molecule is CC(C)n1cc(CNc2ccc(C(=O)O)cc2)cn1. The molecule has 2 rings (SSSR count). The molecule has 0 atom stereocenters. The van der Waals surface area contributed by atoms with Crippen molar-refractivity contribution < 1.29 is 9.90 Å². The zero-order valence-corrected chi connectivity index (χ0v) is 11.0. The van der Waals surface area contributed by atoms with E-state index in [4.69, 9.17) is 5.11 Å². The summed E-state index contributed by atoms with van der Waals surface area (Å²) < 4.78 is 1.91. The number of carboxylic acids is 1. The molecule has 0 bridgehead atoms. The van der Waals surface area contributed by atoms with Crippen molar-refractivity contribution in [1.29, 1.82) is 0 Å². The van der Waals surface area contributed by atoms with Crippen LogP contribution in [0.15, 0.2) is 36.7 Å². The Kier molecular flexibility index (Phi) is 3.85. The molecule has 1 aromatic carbocycles. The first-order valence-corrected chi connectivity index (χ1v) is 6.16. The van der Waals surface area contributed by atoms with Crippen LogP contribution in [0.1, 0.15) is 35.8 Å². The Morgan fingerprint density at radius 2 is 2.05 bits per heavy atom. The molecule has 0 fully saturated rings. The second kappa shape index (κ2) is 5.56. The number of carbonyl (C=O) groups is 1. The Hall–Kier alpha value is -2.30. The first-order valence-electron chi connectivity index (χ1n) is 6.16. The van der Waals surface area contributed by atoms with E-state index >= 15 is 0 Å². The number of rotatable bonds is 5. The fourth-order valence-electron chi connectivity index (χ4n) is 1.69. The van der Waals surface area contributed by atoms with Crippen molar-refractivity contribution in [3.8, 4) is 0 Å². The molecule has 5 heteroatoms. The maximum absolute atomic E-state index is 10.7. The van der Waals surface area contributed by atoms with Gasteiger partial charge < -0.3 is 10.4 Å². The molecule has 0 saturated heterocycles. The van der Waals surface area contributed by atoms with Gasteiger partial charge in [-0.2, -0.15) is 5.10 Å². The summed E-state index contributed by atoms with van der Waals surface area (Å²) in [6.07, 6.45) is 3.84. The molecule has 2 aromatic rings. The van der Waals surface area contributed by atoms with E-state index in [0.717, 1.165) is 11.3 Å². The van der Waals surface area contributed by atoms with E-state index in [9.17, 15) is 4.79 Å². The molecule has 5 nitrogen and oxygen atoms in total. The summed E-state index contributed by atoms with van der Waals surface area (Å²) >= 11 is 0. The van der Waals surface area contributed by atoms with Gasteiger partial charge in [-0.1, -0.05) is 0 Å². The van der Waals surface area contributed by atoms with Gasteiger partial charge >= 0.3 is 5.97 Å². The molecule has 0 saturated carbocycles. The monoisotopic (exact) mass is 259 g/mol. The van der Waals surface area contributed by atoms with Crippen LogP contribution in [0.5, 0.6) is 0 Å². The van der Waals surface area contributed by atoms with Gasteiger partial charge in [-0.25, -0.2) is 4.79 Å². The number of nitrogens with zero attached hydrogens (tertiary/aromatic N) is 2. The summed E-state index contributed by atoms with van der Waals surface area (Å²) in [5.41, 5.74) is 2.27. The Morgan fingerprint density at radius 1 is 1.37 bits per heavy atom. The topological polar surface area (TPSA) is 67.2 Å². The van der Waals surface area contributed by atoms with Crippen LogP contribution in [-0.4, -0.2) is 20.9 Å². The lowest BCUT2D eigenvalue weighted by atomic mass is 10.2. The molecule has 0 aliphatic heterocycles. The van der Waals surface area contributed by atoms with Gasteiger partial charge in [0.1, 0.15) is 0 Å². The van der Waals surface area contributed by atoms with Crippen molar-refractivity contribution in [3.05, 3.63) is 47.8 Å². The predicted molar refractivity (Wildman–Crippen MR) is 73.3 cm³/mol. The molecular formula is C14H17N3O2. The van der Waals surface area contributed by atoms with Gasteiger partial charge in [-0.15, -0.1) is 0 Å². The quantitative estimate of drug-likeness (QED) is 0.866. The van der Waals surface area contributed by atoms with Crippen molar-refractivity contribution in [1.82, 2.24) is 9.78 Å². The largest absolute Gasteiger partial charge is 0.478 e. The van der Waals surface area contributed by atoms with Gasteiger partial charge in [0, 0.05) is 30.0 Å². The third-order valence-electron chi connectivity index (χ3n) is 2.81. The number of hydrogen-bond acceptors (Lipinski definition) is 3. The highest BCUT2D eigenvalue weighted by molar-refractivity contribution is 5.87. The zero-order chi connectivity index (χ0) is 13.8. The Bertz CT molecular complexity index is 558. The van der Waals surface area contributed by atoms with E-state index in [1.807, 2.05) is 17.1 Å². The summed E-state index contributed by atoms with van der Waals surface area (Å²) in [5, 5.41) is 16.3. The van der Waals surface area contributed by atoms with Gasteiger partial charge in [0.15, 0.2) is 0 Å². The molecule has 1 aromatic heterocycles. The lowest BCUT2D eigenvalue weighted by molar-refractivity contribution is 0.0697. The molecule has 19 heavy (non-hydrogen) atoms. The fraction of sp³-hybridized carbons (Fsp3) is 0.286. The van der Waals surface area contributed by atoms with E-state index in [1.54, 1.807) is 24.3 Å². The van der Waals surface area contributed by atoms with Gasteiger partial charge in [0.2, 0.25) is 0 Å². The van der Waals surface area contributed by atoms with Gasteiger partial charge in [-0.05, 0) is 38.1 Å². The van der Waals surface area contributed by atoms with Crippen LogP contribution in [0.4, 0.5) is 5.69 Å². The van der Waals surface area contributed by atoms with Crippen LogP contribution in [0.3, 0.4) is 0 Å². The van der Waals surface area contributed by atoms with Crippen molar-refractivity contribution in [2.75, 3.05) is 5.32 Å². The van der Waals surface area contributed by atoms with Crippen LogP contribution < -0.4 is 5.32 Å². The van der Waals surface area contributed by atoms with Crippen LogP contribution >= 0.6 is 0 Å². The lowest BCUT2D eigenvalue weighted by Gasteiger charge is -2.05. The smallest absolute Gasteiger partial charge is 0.335 e. The maximum Gasteiger partial charge on any atom is 0.335 e. The minimum Gasteiger partial charge on any atom is -0.478 e. The molecule has 0 unspecified atom stereocenters. The van der Waals surface area contributed by atoms with E-state index in [0.29, 0.717) is 12.6 Å². The van der Waals surface area contributed by atoms with Crippen molar-refractivity contribution in [2.45, 2.75) is 26.4 Å². The number of aromatic nitrogens is 2. The average Bonchev–Trinajstić information content (AvgIpc) is 2.86. The molecule has 0 radical (unpaired) electrons. The second-order valence-corrected chi connectivity index (χ2v) is 4.66. The Morgan fingerprint density at radius 3 is 2.58 bits per heavy atom. The highest BCUT2D eigenvalue weighted by atomic mass is 16.4. The fourth-order valence-corrected chi connectivity index (χ4v) is 1.69. The lowest BCUT2D eigenvalue weighted by Crippen LogP contribution is -2.01. The number of anilines is 1. The number of hydrogen-bond donors (Lipinski definition) is 2. The third kappa shape index (κ3) is 3.34. The van der Waals surface area contributed by atoms with Crippen molar-refractivity contribution >= 4 is 11.7 Å². The van der Waals surface area contributed by atoms with Crippen LogP contribution in [0.2, 0.25) is 0 Å². The third-order valence-corrected chi connectivity index (χ3v) is 2.81. The standard InChI is InChI=1S/C14H17N3O2/c1-10(2)17-9-11(8-16-17)7-15-13-5-3-12(4-6-13)14(18)19/h3-6,8-10,15H,7H2,1-2H3,(H,18,19). The number of aromatic carboxylic acids is 1. The zero-order valence-electron chi connectivity index (χ0n) is 11.0. The number of carboxylic acid groups (broad SMARTS) is 1. The molecule has 1 heterocycles.